The highest BCUT2D eigenvalue weighted by atomic mass is 127. The summed E-state index contributed by atoms with van der Waals surface area (Å²) in [5.74, 6) is -0.490. The molecule has 0 spiro atoms. The number of alkyl halides is 3. The second kappa shape index (κ2) is 6.23. The van der Waals surface area contributed by atoms with E-state index in [0.29, 0.717) is 14.2 Å². The van der Waals surface area contributed by atoms with Gasteiger partial charge in [0.25, 0.3) is 5.91 Å². The van der Waals surface area contributed by atoms with Gasteiger partial charge in [-0.05, 0) is 59.0 Å². The van der Waals surface area contributed by atoms with Crippen LogP contribution in [0.1, 0.15) is 15.9 Å². The van der Waals surface area contributed by atoms with Crippen molar-refractivity contribution >= 4 is 45.8 Å². The van der Waals surface area contributed by atoms with E-state index in [9.17, 15) is 18.0 Å². The highest BCUT2D eigenvalue weighted by Crippen LogP contribution is 2.30. The summed E-state index contributed by atoms with van der Waals surface area (Å²) in [4.78, 5) is 12.1. The van der Waals surface area contributed by atoms with Gasteiger partial charge in [0, 0.05) is 14.3 Å². The van der Waals surface area contributed by atoms with E-state index in [1.807, 2.05) is 22.6 Å². The monoisotopic (exact) mass is 425 g/mol. The summed E-state index contributed by atoms with van der Waals surface area (Å²) in [6.07, 6.45) is -4.45. The van der Waals surface area contributed by atoms with Gasteiger partial charge in [-0.2, -0.15) is 13.2 Å². The molecule has 0 saturated carbocycles. The first-order chi connectivity index (χ1) is 9.77. The van der Waals surface area contributed by atoms with Crippen LogP contribution in [0.5, 0.6) is 0 Å². The average molecular weight is 426 g/mol. The topological polar surface area (TPSA) is 29.1 Å². The van der Waals surface area contributed by atoms with Gasteiger partial charge in [0.15, 0.2) is 0 Å². The van der Waals surface area contributed by atoms with Gasteiger partial charge in [-0.25, -0.2) is 0 Å². The highest BCUT2D eigenvalue weighted by molar-refractivity contribution is 14.1. The molecule has 0 radical (unpaired) electrons. The molecule has 0 atom stereocenters. The molecule has 0 unspecified atom stereocenters. The van der Waals surface area contributed by atoms with Crippen molar-refractivity contribution in [2.75, 3.05) is 5.32 Å². The molecule has 1 amide bonds. The molecule has 2 nitrogen and oxygen atoms in total. The number of carbonyl (C=O) groups is 1. The van der Waals surface area contributed by atoms with E-state index in [-0.39, 0.29) is 5.69 Å². The summed E-state index contributed by atoms with van der Waals surface area (Å²) < 4.78 is 38.4. The largest absolute Gasteiger partial charge is 0.416 e. The zero-order valence-corrected chi connectivity index (χ0v) is 13.3. The summed E-state index contributed by atoms with van der Waals surface area (Å²) in [6.45, 7) is 0. The lowest BCUT2D eigenvalue weighted by molar-refractivity contribution is -0.137. The number of hydrogen-bond donors (Lipinski definition) is 1. The molecule has 0 aliphatic heterocycles. The predicted octanol–water partition coefficient (Wildman–Crippen LogP) is 5.22. The molecular weight excluding hydrogens is 418 g/mol. The van der Waals surface area contributed by atoms with Gasteiger partial charge in [-0.15, -0.1) is 0 Å². The Kier molecular flexibility index (Phi) is 4.77. The SMILES string of the molecule is O=C(Nc1cccc(C(F)(F)F)c1)c1ccc(Cl)cc1I. The summed E-state index contributed by atoms with van der Waals surface area (Å²) in [6, 6.07) is 9.14. The second-order valence-electron chi connectivity index (χ2n) is 4.16. The van der Waals surface area contributed by atoms with E-state index in [4.69, 9.17) is 11.6 Å². The third-order valence-corrected chi connectivity index (χ3v) is 3.75. The maximum atomic E-state index is 12.6. The number of benzene rings is 2. The van der Waals surface area contributed by atoms with Gasteiger partial charge in [0.2, 0.25) is 0 Å². The van der Waals surface area contributed by atoms with Gasteiger partial charge in [-0.3, -0.25) is 4.79 Å². The third-order valence-electron chi connectivity index (χ3n) is 2.62. The minimum atomic E-state index is -4.45. The number of amides is 1. The average Bonchev–Trinajstić information content (AvgIpc) is 2.37. The van der Waals surface area contributed by atoms with Crippen molar-refractivity contribution in [3.63, 3.8) is 0 Å². The number of hydrogen-bond acceptors (Lipinski definition) is 1. The van der Waals surface area contributed by atoms with Crippen LogP contribution in [-0.4, -0.2) is 5.91 Å². The molecule has 21 heavy (non-hydrogen) atoms. The highest BCUT2D eigenvalue weighted by Gasteiger charge is 2.30. The second-order valence-corrected chi connectivity index (χ2v) is 5.76. The number of rotatable bonds is 2. The van der Waals surface area contributed by atoms with E-state index in [1.54, 1.807) is 12.1 Å². The zero-order valence-electron chi connectivity index (χ0n) is 10.3. The molecule has 0 heterocycles. The van der Waals surface area contributed by atoms with Gasteiger partial charge in [-0.1, -0.05) is 17.7 Å². The standard InChI is InChI=1S/C14H8ClF3INO/c15-9-4-5-11(12(19)7-9)13(21)20-10-3-1-2-8(6-10)14(16,17)18/h1-7H,(H,20,21). The van der Waals surface area contributed by atoms with E-state index in [2.05, 4.69) is 5.32 Å². The lowest BCUT2D eigenvalue weighted by Crippen LogP contribution is -2.14. The quantitative estimate of drug-likeness (QED) is 0.657. The van der Waals surface area contributed by atoms with Crippen LogP contribution in [0.2, 0.25) is 5.02 Å². The van der Waals surface area contributed by atoms with Crippen molar-refractivity contribution in [3.8, 4) is 0 Å². The zero-order chi connectivity index (χ0) is 15.6. The molecule has 2 rings (SSSR count). The molecule has 2 aromatic rings. The van der Waals surface area contributed by atoms with Crippen LogP contribution in [0.4, 0.5) is 18.9 Å². The number of nitrogens with one attached hydrogen (secondary N) is 1. The van der Waals surface area contributed by atoms with Crippen LogP contribution in [0.3, 0.4) is 0 Å². The van der Waals surface area contributed by atoms with Crippen molar-refractivity contribution in [2.24, 2.45) is 0 Å². The molecule has 110 valence electrons. The minimum Gasteiger partial charge on any atom is -0.322 e. The molecule has 7 heteroatoms. The van der Waals surface area contributed by atoms with Crippen molar-refractivity contribution < 1.29 is 18.0 Å². The third kappa shape index (κ3) is 4.10. The molecule has 0 aromatic heterocycles. The van der Waals surface area contributed by atoms with Crippen LogP contribution in [0, 0.1) is 3.57 Å². The fourth-order valence-electron chi connectivity index (χ4n) is 1.65. The van der Waals surface area contributed by atoms with Crippen LogP contribution in [0.15, 0.2) is 42.5 Å². The maximum absolute atomic E-state index is 12.6. The fourth-order valence-corrected chi connectivity index (χ4v) is 2.76. The normalized spacial score (nSPS) is 11.3. The maximum Gasteiger partial charge on any atom is 0.416 e. The summed E-state index contributed by atoms with van der Waals surface area (Å²) in [5, 5.41) is 2.93. The van der Waals surface area contributed by atoms with E-state index in [1.165, 1.54) is 18.2 Å². The Hall–Kier alpha value is -1.28. The Morgan fingerprint density at radius 3 is 2.48 bits per heavy atom. The minimum absolute atomic E-state index is 0.0839. The Morgan fingerprint density at radius 2 is 1.86 bits per heavy atom. The first kappa shape index (κ1) is 16.1. The van der Waals surface area contributed by atoms with Crippen molar-refractivity contribution in [1.29, 1.82) is 0 Å². The fraction of sp³-hybridized carbons (Fsp3) is 0.0714. The van der Waals surface area contributed by atoms with E-state index < -0.39 is 17.6 Å². The van der Waals surface area contributed by atoms with Crippen LogP contribution >= 0.6 is 34.2 Å². The molecular formula is C14H8ClF3INO. The van der Waals surface area contributed by atoms with Crippen LogP contribution < -0.4 is 5.32 Å². The Morgan fingerprint density at radius 1 is 1.14 bits per heavy atom. The molecule has 1 N–H and O–H groups in total. The molecule has 0 aliphatic carbocycles. The van der Waals surface area contributed by atoms with Gasteiger partial charge >= 0.3 is 6.18 Å². The van der Waals surface area contributed by atoms with Gasteiger partial charge < -0.3 is 5.32 Å². The molecule has 0 aliphatic rings. The first-order valence-corrected chi connectivity index (χ1v) is 7.17. The summed E-state index contributed by atoms with van der Waals surface area (Å²) >= 11 is 7.73. The van der Waals surface area contributed by atoms with Crippen molar-refractivity contribution in [1.82, 2.24) is 0 Å². The molecule has 2 aromatic carbocycles. The van der Waals surface area contributed by atoms with Crippen molar-refractivity contribution in [2.45, 2.75) is 6.18 Å². The first-order valence-electron chi connectivity index (χ1n) is 5.71. The molecule has 0 bridgehead atoms. The Labute approximate surface area is 137 Å². The lowest BCUT2D eigenvalue weighted by atomic mass is 10.1. The summed E-state index contributed by atoms with van der Waals surface area (Å²) in [5.41, 5.74) is -0.385. The summed E-state index contributed by atoms with van der Waals surface area (Å²) in [7, 11) is 0. The van der Waals surface area contributed by atoms with Gasteiger partial charge in [0.1, 0.15) is 0 Å². The van der Waals surface area contributed by atoms with Crippen molar-refractivity contribution in [3.05, 3.63) is 62.2 Å². The Bertz CT molecular complexity index is 688. The number of anilines is 1. The van der Waals surface area contributed by atoms with E-state index in [0.717, 1.165) is 12.1 Å². The van der Waals surface area contributed by atoms with Crippen LogP contribution in [0.25, 0.3) is 0 Å². The lowest BCUT2D eigenvalue weighted by Gasteiger charge is -2.10. The van der Waals surface area contributed by atoms with E-state index >= 15 is 0 Å². The number of halogens is 5. The number of carbonyl (C=O) groups excluding carboxylic acids is 1. The Balaban J connectivity index is 2.24. The predicted molar refractivity (Wildman–Crippen MR) is 83.6 cm³/mol. The van der Waals surface area contributed by atoms with Crippen LogP contribution in [-0.2, 0) is 6.18 Å². The molecule has 0 fully saturated rings. The smallest absolute Gasteiger partial charge is 0.322 e. The molecule has 0 saturated heterocycles. The van der Waals surface area contributed by atoms with Gasteiger partial charge in [0.05, 0.1) is 11.1 Å².